The lowest BCUT2D eigenvalue weighted by Gasteiger charge is -2.14. The molecule has 15 heavy (non-hydrogen) atoms. The molecule has 0 heterocycles. The molecule has 0 aliphatic heterocycles. The van der Waals surface area contributed by atoms with Crippen LogP contribution < -0.4 is 4.74 Å². The van der Waals surface area contributed by atoms with Crippen LogP contribution in [0, 0.1) is 5.92 Å². The molecule has 2 atom stereocenters. The summed E-state index contributed by atoms with van der Waals surface area (Å²) in [7, 11) is 1.67. The third-order valence-corrected chi connectivity index (χ3v) is 3.57. The summed E-state index contributed by atoms with van der Waals surface area (Å²) in [6.07, 6.45) is 3.09. The summed E-state index contributed by atoms with van der Waals surface area (Å²) in [5.41, 5.74) is 1.33. The Morgan fingerprint density at radius 3 is 2.93 bits per heavy atom. The van der Waals surface area contributed by atoms with Crippen molar-refractivity contribution in [1.29, 1.82) is 0 Å². The molecule has 1 aliphatic rings. The van der Waals surface area contributed by atoms with E-state index in [-0.39, 0.29) is 11.3 Å². The molecule has 2 heteroatoms. The zero-order valence-corrected chi connectivity index (χ0v) is 9.19. The fraction of sp³-hybridized carbons (Fsp3) is 0.462. The molecule has 0 N–H and O–H groups in total. The van der Waals surface area contributed by atoms with Crippen LogP contribution in [-0.4, -0.2) is 13.4 Å². The number of ether oxygens (including phenoxy) is 1. The number of aldehydes is 1. The summed E-state index contributed by atoms with van der Waals surface area (Å²) < 4.78 is 5.20. The van der Waals surface area contributed by atoms with Crippen LogP contribution in [0.4, 0.5) is 0 Å². The zero-order chi connectivity index (χ0) is 10.9. The fourth-order valence-corrected chi connectivity index (χ4v) is 2.39. The second-order valence-corrected chi connectivity index (χ2v) is 4.19. The average molecular weight is 204 g/mol. The predicted octanol–water partition coefficient (Wildman–Crippen LogP) is 2.56. The van der Waals surface area contributed by atoms with Crippen LogP contribution in [-0.2, 0) is 10.2 Å². The number of hydrogen-bond acceptors (Lipinski definition) is 2. The van der Waals surface area contributed by atoms with E-state index in [2.05, 4.69) is 13.0 Å². The van der Waals surface area contributed by atoms with Crippen LogP contribution >= 0.6 is 0 Å². The van der Waals surface area contributed by atoms with E-state index in [0.29, 0.717) is 0 Å². The number of hydrogen-bond donors (Lipinski definition) is 0. The lowest BCUT2D eigenvalue weighted by atomic mass is 9.91. The second-order valence-electron chi connectivity index (χ2n) is 4.19. The molecular formula is C13H16O2. The van der Waals surface area contributed by atoms with E-state index in [1.807, 2.05) is 18.2 Å². The Kier molecular flexibility index (Phi) is 2.51. The lowest BCUT2D eigenvalue weighted by molar-refractivity contribution is -0.109. The van der Waals surface area contributed by atoms with Gasteiger partial charge in [-0.3, -0.25) is 0 Å². The molecule has 0 bridgehead atoms. The van der Waals surface area contributed by atoms with E-state index >= 15 is 0 Å². The van der Waals surface area contributed by atoms with Crippen molar-refractivity contribution in [2.75, 3.05) is 7.11 Å². The van der Waals surface area contributed by atoms with Crippen molar-refractivity contribution in [2.24, 2.45) is 5.92 Å². The summed E-state index contributed by atoms with van der Waals surface area (Å²) in [5.74, 6) is 1.08. The van der Waals surface area contributed by atoms with Crippen molar-refractivity contribution in [2.45, 2.75) is 25.2 Å². The summed E-state index contributed by atoms with van der Waals surface area (Å²) in [6, 6.07) is 8.07. The van der Waals surface area contributed by atoms with Gasteiger partial charge in [0.1, 0.15) is 12.0 Å². The minimum atomic E-state index is 0.0935. The third kappa shape index (κ3) is 1.54. The van der Waals surface area contributed by atoms with Crippen molar-refractivity contribution < 1.29 is 9.53 Å². The highest BCUT2D eigenvalue weighted by molar-refractivity contribution is 5.64. The molecular weight excluding hydrogens is 188 g/mol. The van der Waals surface area contributed by atoms with Gasteiger partial charge >= 0.3 is 0 Å². The zero-order valence-electron chi connectivity index (χ0n) is 9.19. The Morgan fingerprint density at radius 1 is 1.60 bits per heavy atom. The van der Waals surface area contributed by atoms with Crippen LogP contribution in [0.1, 0.15) is 25.3 Å². The molecule has 2 rings (SSSR count). The Labute approximate surface area is 90.3 Å². The molecule has 0 spiro atoms. The Bertz CT molecular complexity index is 373. The highest BCUT2D eigenvalue weighted by atomic mass is 16.5. The number of carbonyl (C=O) groups is 1. The standard InChI is InChI=1S/C13H16O2/c1-3-13(8-11(13)9-14)10-5-4-6-12(7-10)15-2/h4-7,9,11H,3,8H2,1-2H3. The number of carbonyl (C=O) groups excluding carboxylic acids is 1. The first-order valence-electron chi connectivity index (χ1n) is 5.36. The van der Waals surface area contributed by atoms with Crippen molar-refractivity contribution in [1.82, 2.24) is 0 Å². The van der Waals surface area contributed by atoms with Gasteiger partial charge < -0.3 is 9.53 Å². The van der Waals surface area contributed by atoms with E-state index in [1.165, 1.54) is 5.56 Å². The van der Waals surface area contributed by atoms with E-state index in [0.717, 1.165) is 24.9 Å². The molecule has 80 valence electrons. The SMILES string of the molecule is CCC1(c2cccc(OC)c2)CC1C=O. The number of methoxy groups -OCH3 is 1. The van der Waals surface area contributed by atoms with Gasteiger partial charge in [-0.1, -0.05) is 19.1 Å². The third-order valence-electron chi connectivity index (χ3n) is 3.57. The minimum Gasteiger partial charge on any atom is -0.497 e. The van der Waals surface area contributed by atoms with Crippen molar-refractivity contribution in [3.63, 3.8) is 0 Å². The minimum absolute atomic E-state index is 0.0935. The van der Waals surface area contributed by atoms with Crippen LogP contribution in [0.5, 0.6) is 5.75 Å². The molecule has 0 saturated heterocycles. The van der Waals surface area contributed by atoms with Gasteiger partial charge in [-0.05, 0) is 30.5 Å². The van der Waals surface area contributed by atoms with Crippen molar-refractivity contribution in [3.05, 3.63) is 29.8 Å². The van der Waals surface area contributed by atoms with Crippen molar-refractivity contribution >= 4 is 6.29 Å². The molecule has 1 saturated carbocycles. The molecule has 0 amide bonds. The molecule has 1 fully saturated rings. The first-order valence-corrected chi connectivity index (χ1v) is 5.36. The highest BCUT2D eigenvalue weighted by Gasteiger charge is 2.53. The average Bonchev–Trinajstić information content (AvgIpc) is 3.04. The largest absolute Gasteiger partial charge is 0.497 e. The summed E-state index contributed by atoms with van der Waals surface area (Å²) >= 11 is 0. The molecule has 2 unspecified atom stereocenters. The monoisotopic (exact) mass is 204 g/mol. The maximum absolute atomic E-state index is 10.8. The summed E-state index contributed by atoms with van der Waals surface area (Å²) in [5, 5.41) is 0. The number of rotatable bonds is 4. The van der Waals surface area contributed by atoms with Gasteiger partial charge in [-0.15, -0.1) is 0 Å². The highest BCUT2D eigenvalue weighted by Crippen LogP contribution is 2.55. The molecule has 2 nitrogen and oxygen atoms in total. The Hall–Kier alpha value is -1.31. The van der Waals surface area contributed by atoms with E-state index < -0.39 is 0 Å². The molecule has 0 aromatic heterocycles. The maximum Gasteiger partial charge on any atom is 0.123 e. The summed E-state index contributed by atoms with van der Waals surface area (Å²) in [4.78, 5) is 10.8. The number of benzene rings is 1. The smallest absolute Gasteiger partial charge is 0.123 e. The van der Waals surface area contributed by atoms with E-state index in [9.17, 15) is 4.79 Å². The van der Waals surface area contributed by atoms with E-state index in [4.69, 9.17) is 4.74 Å². The van der Waals surface area contributed by atoms with Gasteiger partial charge in [0.05, 0.1) is 7.11 Å². The molecule has 1 aliphatic carbocycles. The first kappa shape index (κ1) is 10.2. The van der Waals surface area contributed by atoms with Crippen LogP contribution in [0.15, 0.2) is 24.3 Å². The van der Waals surface area contributed by atoms with Gasteiger partial charge in [0.25, 0.3) is 0 Å². The first-order chi connectivity index (χ1) is 7.26. The Morgan fingerprint density at radius 2 is 2.40 bits per heavy atom. The molecule has 0 radical (unpaired) electrons. The van der Waals surface area contributed by atoms with Crippen LogP contribution in [0.3, 0.4) is 0 Å². The van der Waals surface area contributed by atoms with Gasteiger partial charge in [0.2, 0.25) is 0 Å². The quantitative estimate of drug-likeness (QED) is 0.704. The fourth-order valence-electron chi connectivity index (χ4n) is 2.39. The van der Waals surface area contributed by atoms with Gasteiger partial charge in [0.15, 0.2) is 0 Å². The maximum atomic E-state index is 10.8. The van der Waals surface area contributed by atoms with Crippen LogP contribution in [0.25, 0.3) is 0 Å². The topological polar surface area (TPSA) is 26.3 Å². The van der Waals surface area contributed by atoms with Gasteiger partial charge in [-0.2, -0.15) is 0 Å². The second kappa shape index (κ2) is 3.69. The molecule has 1 aromatic rings. The summed E-state index contributed by atoms with van der Waals surface area (Å²) in [6.45, 7) is 2.14. The van der Waals surface area contributed by atoms with E-state index in [1.54, 1.807) is 7.11 Å². The van der Waals surface area contributed by atoms with Crippen LogP contribution in [0.2, 0.25) is 0 Å². The lowest BCUT2D eigenvalue weighted by Crippen LogP contribution is -2.09. The van der Waals surface area contributed by atoms with Gasteiger partial charge in [-0.25, -0.2) is 0 Å². The van der Waals surface area contributed by atoms with Crippen molar-refractivity contribution in [3.8, 4) is 5.75 Å². The Balaban J connectivity index is 2.32. The van der Waals surface area contributed by atoms with Gasteiger partial charge in [0, 0.05) is 11.3 Å². The molecule has 1 aromatic carbocycles. The normalized spacial score (nSPS) is 28.5. The predicted molar refractivity (Wildman–Crippen MR) is 59.1 cm³/mol.